The molecule has 4 heteroatoms. The van der Waals surface area contributed by atoms with Crippen molar-refractivity contribution in [3.63, 3.8) is 0 Å². The smallest absolute Gasteiger partial charge is 0.231 e. The third-order valence-electron chi connectivity index (χ3n) is 3.27. The molecule has 1 aliphatic heterocycles. The van der Waals surface area contributed by atoms with Gasteiger partial charge in [0.05, 0.1) is 0 Å². The first-order valence-electron chi connectivity index (χ1n) is 5.11. The lowest BCUT2D eigenvalue weighted by Gasteiger charge is -2.38. The fourth-order valence-corrected chi connectivity index (χ4v) is 2.13. The summed E-state index contributed by atoms with van der Waals surface area (Å²) in [4.78, 5) is 0. The molecule has 0 saturated heterocycles. The summed E-state index contributed by atoms with van der Waals surface area (Å²) < 4.78 is 10.4. The van der Waals surface area contributed by atoms with Crippen molar-refractivity contribution in [1.82, 2.24) is 0 Å². The molecule has 4 nitrogen and oxygen atoms in total. The van der Waals surface area contributed by atoms with Crippen LogP contribution in [0.3, 0.4) is 0 Å². The van der Waals surface area contributed by atoms with Crippen LogP contribution in [0.4, 0.5) is 0 Å². The maximum Gasteiger partial charge on any atom is 0.231 e. The summed E-state index contributed by atoms with van der Waals surface area (Å²) in [6.07, 6.45) is 3.07. The lowest BCUT2D eigenvalue weighted by Crippen LogP contribution is -2.43. The van der Waals surface area contributed by atoms with E-state index >= 15 is 0 Å². The van der Waals surface area contributed by atoms with E-state index < -0.39 is 0 Å². The Kier molecular flexibility index (Phi) is 1.65. The quantitative estimate of drug-likeness (QED) is 0.731. The normalized spacial score (nSPS) is 21.1. The number of aromatic hydroxyl groups is 1. The maximum atomic E-state index is 9.73. The van der Waals surface area contributed by atoms with Gasteiger partial charge >= 0.3 is 0 Å². The van der Waals surface area contributed by atoms with E-state index in [1.165, 1.54) is 0 Å². The number of phenolic OH excluding ortho intramolecular Hbond substituents is 1. The first kappa shape index (κ1) is 8.85. The molecule has 0 spiro atoms. The van der Waals surface area contributed by atoms with Crippen molar-refractivity contribution < 1.29 is 14.6 Å². The topological polar surface area (TPSA) is 64.7 Å². The molecule has 1 heterocycles. The van der Waals surface area contributed by atoms with Gasteiger partial charge in [-0.1, -0.05) is 0 Å². The summed E-state index contributed by atoms with van der Waals surface area (Å²) in [6, 6.07) is 3.56. The van der Waals surface area contributed by atoms with Crippen molar-refractivity contribution in [3.8, 4) is 17.2 Å². The Labute approximate surface area is 87.6 Å². The van der Waals surface area contributed by atoms with Crippen molar-refractivity contribution >= 4 is 0 Å². The Hall–Kier alpha value is -1.42. The molecular formula is C11H13NO3. The van der Waals surface area contributed by atoms with E-state index in [2.05, 4.69) is 0 Å². The van der Waals surface area contributed by atoms with Gasteiger partial charge in [0.1, 0.15) is 0 Å². The fraction of sp³-hybridized carbons (Fsp3) is 0.455. The van der Waals surface area contributed by atoms with Crippen molar-refractivity contribution in [2.45, 2.75) is 24.8 Å². The van der Waals surface area contributed by atoms with Gasteiger partial charge in [-0.15, -0.1) is 0 Å². The Morgan fingerprint density at radius 1 is 1.27 bits per heavy atom. The highest BCUT2D eigenvalue weighted by Crippen LogP contribution is 2.47. The van der Waals surface area contributed by atoms with Crippen LogP contribution in [0.25, 0.3) is 0 Å². The second kappa shape index (κ2) is 2.79. The van der Waals surface area contributed by atoms with Crippen molar-refractivity contribution in [1.29, 1.82) is 0 Å². The molecule has 1 saturated carbocycles. The van der Waals surface area contributed by atoms with Gasteiger partial charge in [0.15, 0.2) is 11.5 Å². The molecule has 0 unspecified atom stereocenters. The van der Waals surface area contributed by atoms with Crippen LogP contribution in [0.2, 0.25) is 0 Å². The van der Waals surface area contributed by atoms with Crippen molar-refractivity contribution in [2.24, 2.45) is 5.73 Å². The van der Waals surface area contributed by atoms with Gasteiger partial charge in [-0.3, -0.25) is 0 Å². The summed E-state index contributed by atoms with van der Waals surface area (Å²) in [5.41, 5.74) is 6.84. The zero-order chi connectivity index (χ0) is 10.5. The van der Waals surface area contributed by atoms with E-state index in [4.69, 9.17) is 15.2 Å². The van der Waals surface area contributed by atoms with E-state index in [1.807, 2.05) is 6.07 Å². The van der Waals surface area contributed by atoms with Crippen LogP contribution in [0.5, 0.6) is 17.2 Å². The number of phenols is 1. The molecule has 3 N–H and O–H groups in total. The van der Waals surface area contributed by atoms with E-state index in [0.717, 1.165) is 24.8 Å². The first-order valence-corrected chi connectivity index (χ1v) is 5.11. The highest BCUT2D eigenvalue weighted by Gasteiger charge is 2.36. The molecule has 0 amide bonds. The molecule has 1 fully saturated rings. The zero-order valence-corrected chi connectivity index (χ0v) is 8.32. The SMILES string of the molecule is NC1(c2cc(O)c3c(c2)OCO3)CCC1. The first-order chi connectivity index (χ1) is 7.19. The third-order valence-corrected chi connectivity index (χ3v) is 3.27. The number of fused-ring (bicyclic) bond motifs is 1. The lowest BCUT2D eigenvalue weighted by molar-refractivity contribution is 0.171. The molecule has 2 aliphatic rings. The largest absolute Gasteiger partial charge is 0.504 e. The molecule has 1 aliphatic carbocycles. The van der Waals surface area contributed by atoms with Crippen molar-refractivity contribution in [2.75, 3.05) is 6.79 Å². The van der Waals surface area contributed by atoms with Crippen LogP contribution in [0, 0.1) is 0 Å². The van der Waals surface area contributed by atoms with Gasteiger partial charge in [-0.2, -0.15) is 0 Å². The standard InChI is InChI=1S/C11H13NO3/c12-11(2-1-3-11)7-4-8(13)10-9(5-7)14-6-15-10/h4-5,13H,1-3,6,12H2. The summed E-state index contributed by atoms with van der Waals surface area (Å²) >= 11 is 0. The average Bonchev–Trinajstić information content (AvgIpc) is 2.62. The van der Waals surface area contributed by atoms with Gasteiger partial charge in [-0.05, 0) is 37.0 Å². The lowest BCUT2D eigenvalue weighted by atomic mass is 9.72. The minimum atomic E-state index is -0.279. The van der Waals surface area contributed by atoms with Gasteiger partial charge in [0.2, 0.25) is 12.5 Å². The fourth-order valence-electron chi connectivity index (χ4n) is 2.13. The van der Waals surface area contributed by atoms with Crippen LogP contribution < -0.4 is 15.2 Å². The minimum Gasteiger partial charge on any atom is -0.504 e. The highest BCUT2D eigenvalue weighted by molar-refractivity contribution is 5.55. The molecule has 15 heavy (non-hydrogen) atoms. The third kappa shape index (κ3) is 1.18. The number of hydrogen-bond donors (Lipinski definition) is 2. The summed E-state index contributed by atoms with van der Waals surface area (Å²) in [5, 5.41) is 9.73. The number of hydrogen-bond acceptors (Lipinski definition) is 4. The molecule has 1 aromatic carbocycles. The predicted molar refractivity (Wildman–Crippen MR) is 53.9 cm³/mol. The number of nitrogens with two attached hydrogens (primary N) is 1. The summed E-state index contributed by atoms with van der Waals surface area (Å²) in [7, 11) is 0. The van der Waals surface area contributed by atoms with Crippen LogP contribution in [-0.4, -0.2) is 11.9 Å². The molecule has 0 radical (unpaired) electrons. The maximum absolute atomic E-state index is 9.73. The van der Waals surface area contributed by atoms with Crippen LogP contribution in [0.15, 0.2) is 12.1 Å². The average molecular weight is 207 g/mol. The number of benzene rings is 1. The highest BCUT2D eigenvalue weighted by atomic mass is 16.7. The Morgan fingerprint density at radius 3 is 2.73 bits per heavy atom. The molecule has 0 aromatic heterocycles. The molecule has 0 atom stereocenters. The Morgan fingerprint density at radius 2 is 2.07 bits per heavy atom. The van der Waals surface area contributed by atoms with Crippen LogP contribution in [0.1, 0.15) is 24.8 Å². The minimum absolute atomic E-state index is 0.122. The zero-order valence-electron chi connectivity index (χ0n) is 8.32. The molecular weight excluding hydrogens is 194 g/mol. The predicted octanol–water partition coefficient (Wildman–Crippen LogP) is 1.46. The van der Waals surface area contributed by atoms with Crippen LogP contribution in [-0.2, 0) is 5.54 Å². The van der Waals surface area contributed by atoms with E-state index in [9.17, 15) is 5.11 Å². The van der Waals surface area contributed by atoms with E-state index in [0.29, 0.717) is 11.5 Å². The molecule has 3 rings (SSSR count). The second-order valence-electron chi connectivity index (χ2n) is 4.24. The Bertz CT molecular complexity index is 413. The van der Waals surface area contributed by atoms with Crippen molar-refractivity contribution in [3.05, 3.63) is 17.7 Å². The monoisotopic (exact) mass is 207 g/mol. The molecule has 1 aromatic rings. The van der Waals surface area contributed by atoms with E-state index in [-0.39, 0.29) is 18.1 Å². The summed E-state index contributed by atoms with van der Waals surface area (Å²) in [6.45, 7) is 0.171. The molecule has 0 bridgehead atoms. The second-order valence-corrected chi connectivity index (χ2v) is 4.24. The Balaban J connectivity index is 2.07. The van der Waals surface area contributed by atoms with Gasteiger partial charge in [0.25, 0.3) is 0 Å². The van der Waals surface area contributed by atoms with Crippen LogP contribution >= 0.6 is 0 Å². The number of ether oxygens (including phenoxy) is 2. The van der Waals surface area contributed by atoms with Gasteiger partial charge in [-0.25, -0.2) is 0 Å². The van der Waals surface area contributed by atoms with Gasteiger partial charge < -0.3 is 20.3 Å². The van der Waals surface area contributed by atoms with E-state index in [1.54, 1.807) is 6.07 Å². The number of rotatable bonds is 1. The molecule has 80 valence electrons. The van der Waals surface area contributed by atoms with Gasteiger partial charge in [0, 0.05) is 5.54 Å². The summed E-state index contributed by atoms with van der Waals surface area (Å²) in [5.74, 6) is 1.15.